The molecule has 0 aliphatic rings. The van der Waals surface area contributed by atoms with Gasteiger partial charge in [-0.3, -0.25) is 0 Å². The van der Waals surface area contributed by atoms with E-state index < -0.39 is 0 Å². The number of aromatic nitrogens is 4. The maximum atomic E-state index is 6.60. The highest BCUT2D eigenvalue weighted by molar-refractivity contribution is 7.09. The van der Waals surface area contributed by atoms with Gasteiger partial charge in [0.25, 0.3) is 0 Å². The topological polar surface area (TPSA) is 100 Å². The van der Waals surface area contributed by atoms with E-state index >= 15 is 0 Å². The van der Waals surface area contributed by atoms with Crippen molar-refractivity contribution in [1.29, 1.82) is 0 Å². The normalized spacial score (nSPS) is 11.0. The summed E-state index contributed by atoms with van der Waals surface area (Å²) in [6.07, 6.45) is 0.888. The molecule has 5 rings (SSSR count). The van der Waals surface area contributed by atoms with E-state index in [1.807, 2.05) is 48.5 Å². The molecular weight excluding hydrogens is 448 g/mol. The second kappa shape index (κ2) is 9.40. The Bertz CT molecular complexity index is 1400. The number of benzene rings is 2. The zero-order valence-corrected chi connectivity index (χ0v) is 19.7. The summed E-state index contributed by atoms with van der Waals surface area (Å²) in [5.74, 6) is 2.51. The first-order valence-electron chi connectivity index (χ1n) is 10.8. The highest BCUT2D eigenvalue weighted by Crippen LogP contribution is 2.33. The first kappa shape index (κ1) is 21.7. The molecule has 0 atom stereocenters. The molecule has 0 spiro atoms. The number of anilines is 2. The van der Waals surface area contributed by atoms with Gasteiger partial charge in [0, 0.05) is 17.0 Å². The van der Waals surface area contributed by atoms with E-state index in [4.69, 9.17) is 25.3 Å². The van der Waals surface area contributed by atoms with Gasteiger partial charge in [-0.15, -0.1) is 16.4 Å². The molecule has 0 aliphatic carbocycles. The maximum absolute atomic E-state index is 6.60. The number of fused-ring (bicyclic) bond motifs is 1. The van der Waals surface area contributed by atoms with Crippen molar-refractivity contribution < 1.29 is 9.47 Å². The molecule has 172 valence electrons. The molecule has 0 saturated carbocycles. The lowest BCUT2D eigenvalue weighted by Gasteiger charge is -2.09. The van der Waals surface area contributed by atoms with E-state index in [1.54, 1.807) is 30.2 Å². The number of hydrogen-bond donors (Lipinski definition) is 2. The lowest BCUT2D eigenvalue weighted by Crippen LogP contribution is -2.08. The predicted octanol–water partition coefficient (Wildman–Crippen LogP) is 4.80. The van der Waals surface area contributed by atoms with Gasteiger partial charge in [-0.2, -0.15) is 4.98 Å². The van der Waals surface area contributed by atoms with Crippen LogP contribution in [0.15, 0.2) is 66.0 Å². The van der Waals surface area contributed by atoms with Crippen molar-refractivity contribution in [2.45, 2.75) is 6.42 Å². The predicted molar refractivity (Wildman–Crippen MR) is 136 cm³/mol. The van der Waals surface area contributed by atoms with Crippen molar-refractivity contribution in [2.24, 2.45) is 0 Å². The standard InChI is InChI=1S/C25H24N6O2S/c1-32-18-9-5-16(6-10-18)22-21-23(26)31(17-7-11-19(33-2)12-8-17)30-24(21)29-25(28-22)27-14-13-20-4-3-15-34-20/h3-12,15H,13-14,26H2,1-2H3,(H,27,29,30). The Hall–Kier alpha value is -4.11. The smallest absolute Gasteiger partial charge is 0.225 e. The summed E-state index contributed by atoms with van der Waals surface area (Å²) in [6.45, 7) is 0.711. The van der Waals surface area contributed by atoms with Gasteiger partial charge in [0.1, 0.15) is 17.3 Å². The third-order valence-electron chi connectivity index (χ3n) is 5.48. The number of hydrogen-bond acceptors (Lipinski definition) is 8. The number of ether oxygens (including phenoxy) is 2. The monoisotopic (exact) mass is 472 g/mol. The molecule has 0 amide bonds. The Morgan fingerprint density at radius 2 is 1.65 bits per heavy atom. The molecule has 0 fully saturated rings. The lowest BCUT2D eigenvalue weighted by atomic mass is 10.1. The molecule has 0 radical (unpaired) electrons. The van der Waals surface area contributed by atoms with Gasteiger partial charge < -0.3 is 20.5 Å². The zero-order valence-electron chi connectivity index (χ0n) is 18.9. The molecular formula is C25H24N6O2S. The van der Waals surface area contributed by atoms with Crippen LogP contribution in [0.4, 0.5) is 11.8 Å². The van der Waals surface area contributed by atoms with Crippen molar-refractivity contribution in [1.82, 2.24) is 19.7 Å². The Labute approximate surface area is 201 Å². The number of nitrogen functional groups attached to an aromatic ring is 1. The number of nitrogens with one attached hydrogen (secondary N) is 1. The van der Waals surface area contributed by atoms with E-state index in [-0.39, 0.29) is 0 Å². The van der Waals surface area contributed by atoms with Crippen LogP contribution >= 0.6 is 11.3 Å². The molecule has 3 N–H and O–H groups in total. The summed E-state index contributed by atoms with van der Waals surface area (Å²) < 4.78 is 12.3. The van der Waals surface area contributed by atoms with Gasteiger partial charge in [-0.05, 0) is 66.4 Å². The van der Waals surface area contributed by atoms with E-state index in [0.717, 1.165) is 29.2 Å². The Morgan fingerprint density at radius 1 is 0.941 bits per heavy atom. The summed E-state index contributed by atoms with van der Waals surface area (Å²) in [5, 5.41) is 10.8. The summed E-state index contributed by atoms with van der Waals surface area (Å²) in [4.78, 5) is 10.8. The van der Waals surface area contributed by atoms with E-state index in [1.165, 1.54) is 4.88 Å². The lowest BCUT2D eigenvalue weighted by molar-refractivity contribution is 0.414. The molecule has 34 heavy (non-hydrogen) atoms. The van der Waals surface area contributed by atoms with Crippen molar-refractivity contribution in [3.63, 3.8) is 0 Å². The fourth-order valence-corrected chi connectivity index (χ4v) is 4.43. The Balaban J connectivity index is 1.58. The molecule has 0 bridgehead atoms. The number of methoxy groups -OCH3 is 2. The van der Waals surface area contributed by atoms with E-state index in [0.29, 0.717) is 35.0 Å². The first-order valence-corrected chi connectivity index (χ1v) is 11.7. The first-order chi connectivity index (χ1) is 16.7. The SMILES string of the molecule is COc1ccc(-c2nc(NCCc3cccs3)nc3nn(-c4ccc(OC)cc4)c(N)c23)cc1. The second-order valence-electron chi connectivity index (χ2n) is 7.57. The zero-order chi connectivity index (χ0) is 23.5. The molecule has 0 saturated heterocycles. The minimum absolute atomic E-state index is 0.469. The minimum atomic E-state index is 0.469. The second-order valence-corrected chi connectivity index (χ2v) is 8.61. The fraction of sp³-hybridized carbons (Fsp3) is 0.160. The average molecular weight is 473 g/mol. The van der Waals surface area contributed by atoms with E-state index in [2.05, 4.69) is 27.8 Å². The fourth-order valence-electron chi connectivity index (χ4n) is 3.72. The highest BCUT2D eigenvalue weighted by Gasteiger charge is 2.19. The molecule has 0 aliphatic heterocycles. The van der Waals surface area contributed by atoms with Crippen LogP contribution in [0.2, 0.25) is 0 Å². The van der Waals surface area contributed by atoms with Crippen LogP contribution in [-0.4, -0.2) is 40.5 Å². The van der Waals surface area contributed by atoms with Crippen LogP contribution in [0, 0.1) is 0 Å². The van der Waals surface area contributed by atoms with Crippen molar-refractivity contribution in [3.8, 4) is 28.4 Å². The quantitative estimate of drug-likeness (QED) is 0.335. The Morgan fingerprint density at radius 3 is 2.29 bits per heavy atom. The number of nitrogens with zero attached hydrogens (tertiary/aromatic N) is 4. The van der Waals surface area contributed by atoms with Gasteiger partial charge in [-0.25, -0.2) is 9.67 Å². The van der Waals surface area contributed by atoms with Crippen LogP contribution < -0.4 is 20.5 Å². The van der Waals surface area contributed by atoms with Gasteiger partial charge >= 0.3 is 0 Å². The molecule has 5 aromatic rings. The largest absolute Gasteiger partial charge is 0.497 e. The molecule has 9 heteroatoms. The molecule has 3 aromatic heterocycles. The number of rotatable bonds is 8. The number of thiophene rings is 1. The average Bonchev–Trinajstić information content (AvgIpc) is 3.52. The van der Waals surface area contributed by atoms with Gasteiger partial charge in [0.15, 0.2) is 5.65 Å². The van der Waals surface area contributed by atoms with Crippen LogP contribution in [0.1, 0.15) is 4.88 Å². The number of nitrogens with two attached hydrogens (primary N) is 1. The maximum Gasteiger partial charge on any atom is 0.225 e. The third-order valence-corrected chi connectivity index (χ3v) is 6.42. The van der Waals surface area contributed by atoms with Crippen molar-refractivity contribution in [3.05, 3.63) is 70.9 Å². The minimum Gasteiger partial charge on any atom is -0.497 e. The summed E-state index contributed by atoms with van der Waals surface area (Å²) in [5.41, 5.74) is 9.54. The van der Waals surface area contributed by atoms with Crippen LogP contribution in [0.25, 0.3) is 28.0 Å². The van der Waals surface area contributed by atoms with Crippen molar-refractivity contribution >= 4 is 34.1 Å². The third kappa shape index (κ3) is 4.25. The van der Waals surface area contributed by atoms with Gasteiger partial charge in [0.05, 0.1) is 31.0 Å². The van der Waals surface area contributed by atoms with Gasteiger partial charge in [0.2, 0.25) is 5.95 Å². The Kier molecular flexibility index (Phi) is 6.01. The van der Waals surface area contributed by atoms with Crippen LogP contribution in [0.5, 0.6) is 11.5 Å². The highest BCUT2D eigenvalue weighted by atomic mass is 32.1. The van der Waals surface area contributed by atoms with E-state index in [9.17, 15) is 0 Å². The molecule has 0 unspecified atom stereocenters. The molecule has 2 aromatic carbocycles. The molecule has 3 heterocycles. The van der Waals surface area contributed by atoms with Crippen LogP contribution in [-0.2, 0) is 6.42 Å². The summed E-state index contributed by atoms with van der Waals surface area (Å²) >= 11 is 1.74. The van der Waals surface area contributed by atoms with Gasteiger partial charge in [-0.1, -0.05) is 6.07 Å². The van der Waals surface area contributed by atoms with Crippen molar-refractivity contribution in [2.75, 3.05) is 31.8 Å². The summed E-state index contributed by atoms with van der Waals surface area (Å²) in [7, 11) is 3.28. The summed E-state index contributed by atoms with van der Waals surface area (Å²) in [6, 6.07) is 19.4. The van der Waals surface area contributed by atoms with Crippen LogP contribution in [0.3, 0.4) is 0 Å². The molecule has 8 nitrogen and oxygen atoms in total.